The van der Waals surface area contributed by atoms with Crippen molar-refractivity contribution < 1.29 is 19.4 Å². The van der Waals surface area contributed by atoms with E-state index >= 15 is 0 Å². The van der Waals surface area contributed by atoms with Gasteiger partial charge in [0.1, 0.15) is 32.7 Å². The van der Waals surface area contributed by atoms with Gasteiger partial charge >= 0.3 is 0 Å². The van der Waals surface area contributed by atoms with Crippen molar-refractivity contribution >= 4 is 17.4 Å². The molecule has 31 heavy (non-hydrogen) atoms. The third-order valence-electron chi connectivity index (χ3n) is 6.53. The second-order valence-corrected chi connectivity index (χ2v) is 9.34. The lowest BCUT2D eigenvalue weighted by molar-refractivity contribution is -1.00. The van der Waals surface area contributed by atoms with E-state index in [9.17, 15) is 9.59 Å². The van der Waals surface area contributed by atoms with Gasteiger partial charge < -0.3 is 19.7 Å². The number of ketones is 1. The van der Waals surface area contributed by atoms with Crippen LogP contribution in [-0.4, -0.2) is 55.5 Å². The van der Waals surface area contributed by atoms with Crippen molar-refractivity contribution in [1.82, 2.24) is 4.57 Å². The van der Waals surface area contributed by atoms with Crippen LogP contribution in [0.1, 0.15) is 52.8 Å². The summed E-state index contributed by atoms with van der Waals surface area (Å²) in [7, 11) is 0. The van der Waals surface area contributed by atoms with Gasteiger partial charge in [-0.05, 0) is 58.7 Å². The van der Waals surface area contributed by atoms with Crippen molar-refractivity contribution in [3.63, 3.8) is 0 Å². The number of carbonyl (C=O) groups is 2. The Morgan fingerprint density at radius 1 is 0.968 bits per heavy atom. The van der Waals surface area contributed by atoms with Crippen molar-refractivity contribution in [3.05, 3.63) is 52.3 Å². The molecule has 1 aromatic heterocycles. The lowest BCUT2D eigenvalue weighted by Crippen LogP contribution is -3.28. The minimum atomic E-state index is 0.0630. The molecule has 1 saturated heterocycles. The van der Waals surface area contributed by atoms with Gasteiger partial charge in [-0.25, -0.2) is 0 Å². The van der Waals surface area contributed by atoms with E-state index in [2.05, 4.69) is 30.7 Å². The third kappa shape index (κ3) is 5.43. The smallest absolute Gasteiger partial charge is 0.279 e. The number of nitrogens with one attached hydrogen (secondary N) is 3. The first-order chi connectivity index (χ1) is 14.7. The van der Waals surface area contributed by atoms with E-state index < -0.39 is 0 Å². The summed E-state index contributed by atoms with van der Waals surface area (Å²) < 4.78 is 2.24. The minimum Gasteiger partial charge on any atom is -0.346 e. The molecule has 3 rings (SSSR count). The van der Waals surface area contributed by atoms with Gasteiger partial charge in [0.15, 0.2) is 6.54 Å². The highest BCUT2D eigenvalue weighted by Crippen LogP contribution is 2.20. The average molecular weight is 427 g/mol. The van der Waals surface area contributed by atoms with Crippen LogP contribution in [0.4, 0.5) is 5.69 Å². The number of benzene rings is 1. The van der Waals surface area contributed by atoms with Gasteiger partial charge in [-0.1, -0.05) is 18.2 Å². The standard InChI is InChI=1S/C25H36N4O2/c1-17(2)29-20(5)14-22(21(29)6)23(30)15-27-10-12-28(13-11-27)16-24(31)26-25-18(3)8-7-9-19(25)4/h7-9,14,17H,10-13,15-16H2,1-6H3,(H,26,31)/p+2. The molecular formula is C25H38N4O2+2. The molecule has 0 unspecified atom stereocenters. The van der Waals surface area contributed by atoms with Gasteiger partial charge in [0.05, 0.1) is 0 Å². The molecule has 1 aliphatic heterocycles. The van der Waals surface area contributed by atoms with Crippen molar-refractivity contribution in [1.29, 1.82) is 0 Å². The van der Waals surface area contributed by atoms with Gasteiger partial charge in [0.25, 0.3) is 5.91 Å². The number of piperazine rings is 1. The van der Waals surface area contributed by atoms with Gasteiger partial charge in [0, 0.05) is 28.7 Å². The summed E-state index contributed by atoms with van der Waals surface area (Å²) in [5.41, 5.74) is 6.20. The third-order valence-corrected chi connectivity index (χ3v) is 6.53. The first-order valence-corrected chi connectivity index (χ1v) is 11.4. The average Bonchev–Trinajstić information content (AvgIpc) is 3.01. The Labute approximate surface area is 186 Å². The summed E-state index contributed by atoms with van der Waals surface area (Å²) in [4.78, 5) is 28.1. The molecule has 0 spiro atoms. The van der Waals surface area contributed by atoms with E-state index in [1.54, 1.807) is 0 Å². The Balaban J connectivity index is 1.50. The zero-order valence-corrected chi connectivity index (χ0v) is 19.9. The highest BCUT2D eigenvalue weighted by atomic mass is 16.2. The predicted molar refractivity (Wildman–Crippen MR) is 124 cm³/mol. The largest absolute Gasteiger partial charge is 0.346 e. The molecule has 3 N–H and O–H groups in total. The normalized spacial score (nSPS) is 18.9. The Hall–Kier alpha value is -2.44. The topological polar surface area (TPSA) is 60.0 Å². The van der Waals surface area contributed by atoms with E-state index in [4.69, 9.17) is 0 Å². The van der Waals surface area contributed by atoms with Crippen molar-refractivity contribution in [2.24, 2.45) is 0 Å². The van der Waals surface area contributed by atoms with Crippen LogP contribution in [-0.2, 0) is 4.79 Å². The van der Waals surface area contributed by atoms with Gasteiger partial charge in [-0.2, -0.15) is 0 Å². The van der Waals surface area contributed by atoms with E-state index in [1.807, 2.05) is 45.0 Å². The summed E-state index contributed by atoms with van der Waals surface area (Å²) in [5, 5.41) is 3.09. The zero-order chi connectivity index (χ0) is 22.7. The summed E-state index contributed by atoms with van der Waals surface area (Å²) in [6.07, 6.45) is 0. The molecular weight excluding hydrogens is 388 g/mol. The molecule has 2 heterocycles. The SMILES string of the molecule is Cc1cccc(C)c1NC(=O)C[NH+]1CC[NH+](CC(=O)c2cc(C)n(C(C)C)c2C)CC1. The summed E-state index contributed by atoms with van der Waals surface area (Å²) in [5.74, 6) is 0.291. The Morgan fingerprint density at radius 3 is 2.03 bits per heavy atom. The number of aromatic nitrogens is 1. The maximum atomic E-state index is 12.9. The number of Topliss-reactive ketones (excluding diaryl/α,β-unsaturated/α-hetero) is 1. The number of nitrogens with zero attached hydrogens (tertiary/aromatic N) is 1. The molecule has 0 atom stereocenters. The van der Waals surface area contributed by atoms with Gasteiger partial charge in [-0.15, -0.1) is 0 Å². The summed E-state index contributed by atoms with van der Waals surface area (Å²) in [6, 6.07) is 8.45. The number of rotatable bonds is 7. The Kier molecular flexibility index (Phi) is 7.34. The quantitative estimate of drug-likeness (QED) is 0.577. The fraction of sp³-hybridized carbons (Fsp3) is 0.520. The van der Waals surface area contributed by atoms with Crippen LogP contribution in [0.3, 0.4) is 0 Å². The molecule has 1 aliphatic rings. The Bertz CT molecular complexity index is 932. The molecule has 2 aromatic rings. The molecule has 1 amide bonds. The van der Waals surface area contributed by atoms with Crippen molar-refractivity contribution in [2.75, 3.05) is 44.6 Å². The highest BCUT2D eigenvalue weighted by Gasteiger charge is 2.28. The molecule has 0 saturated carbocycles. The second kappa shape index (κ2) is 9.79. The van der Waals surface area contributed by atoms with Crippen molar-refractivity contribution in [3.8, 4) is 0 Å². The molecule has 1 aromatic carbocycles. The van der Waals surface area contributed by atoms with Crippen LogP contribution < -0.4 is 15.1 Å². The monoisotopic (exact) mass is 426 g/mol. The lowest BCUT2D eigenvalue weighted by Gasteiger charge is -2.29. The van der Waals surface area contributed by atoms with E-state index in [0.717, 1.165) is 59.9 Å². The van der Waals surface area contributed by atoms with E-state index in [0.29, 0.717) is 19.1 Å². The zero-order valence-electron chi connectivity index (χ0n) is 19.9. The van der Waals surface area contributed by atoms with Crippen molar-refractivity contribution in [2.45, 2.75) is 47.6 Å². The molecule has 0 radical (unpaired) electrons. The van der Waals surface area contributed by atoms with Crippen LogP contribution >= 0.6 is 0 Å². The van der Waals surface area contributed by atoms with Crippen LogP contribution in [0.5, 0.6) is 0 Å². The fourth-order valence-corrected chi connectivity index (χ4v) is 4.91. The van der Waals surface area contributed by atoms with Gasteiger partial charge in [-0.3, -0.25) is 9.59 Å². The number of para-hydroxylation sites is 1. The number of carbonyl (C=O) groups excluding carboxylic acids is 2. The maximum absolute atomic E-state index is 12.9. The molecule has 0 aliphatic carbocycles. The number of quaternary nitrogens is 2. The number of aryl methyl sites for hydroxylation is 3. The molecule has 1 fully saturated rings. The summed E-state index contributed by atoms with van der Waals surface area (Å²) in [6.45, 7) is 17.1. The summed E-state index contributed by atoms with van der Waals surface area (Å²) >= 11 is 0. The van der Waals surface area contributed by atoms with E-state index in [1.165, 1.54) is 9.80 Å². The lowest BCUT2D eigenvalue weighted by atomic mass is 10.1. The molecule has 0 bridgehead atoms. The number of hydrogen-bond acceptors (Lipinski definition) is 2. The van der Waals surface area contributed by atoms with E-state index in [-0.39, 0.29) is 11.7 Å². The fourth-order valence-electron chi connectivity index (χ4n) is 4.91. The molecule has 168 valence electrons. The van der Waals surface area contributed by atoms with Gasteiger partial charge in [0.2, 0.25) is 5.78 Å². The van der Waals surface area contributed by atoms with Crippen LogP contribution in [0.25, 0.3) is 0 Å². The maximum Gasteiger partial charge on any atom is 0.279 e. The van der Waals surface area contributed by atoms with Crippen LogP contribution in [0, 0.1) is 27.7 Å². The Morgan fingerprint density at radius 2 is 1.52 bits per heavy atom. The number of hydrogen-bond donors (Lipinski definition) is 3. The molecule has 6 heteroatoms. The predicted octanol–water partition coefficient (Wildman–Crippen LogP) is 0.907. The molecule has 6 nitrogen and oxygen atoms in total. The van der Waals surface area contributed by atoms with Crippen LogP contribution in [0.15, 0.2) is 24.3 Å². The number of amides is 1. The van der Waals surface area contributed by atoms with Crippen LogP contribution in [0.2, 0.25) is 0 Å². The highest BCUT2D eigenvalue weighted by molar-refractivity contribution is 5.98. The minimum absolute atomic E-state index is 0.0630. The first kappa shape index (κ1) is 23.2. The number of anilines is 1. The second-order valence-electron chi connectivity index (χ2n) is 9.34. The first-order valence-electron chi connectivity index (χ1n) is 11.4.